The second kappa shape index (κ2) is 6.77. The van der Waals surface area contributed by atoms with Gasteiger partial charge in [0.2, 0.25) is 5.89 Å². The zero-order chi connectivity index (χ0) is 18.3. The minimum atomic E-state index is 0.505. The zero-order valence-electron chi connectivity index (χ0n) is 15.8. The van der Waals surface area contributed by atoms with Crippen LogP contribution in [0.1, 0.15) is 29.4 Å². The van der Waals surface area contributed by atoms with Gasteiger partial charge in [0, 0.05) is 51.2 Å². The summed E-state index contributed by atoms with van der Waals surface area (Å²) >= 11 is 0. The molecule has 1 aliphatic heterocycles. The highest BCUT2D eigenvalue weighted by Crippen LogP contribution is 2.21. The van der Waals surface area contributed by atoms with Crippen molar-refractivity contribution >= 4 is 11.0 Å². The molecule has 0 saturated carbocycles. The fraction of sp³-hybridized carbons (Fsp3) is 0.556. The largest absolute Gasteiger partial charge is 0.340 e. The van der Waals surface area contributed by atoms with Crippen molar-refractivity contribution < 1.29 is 4.52 Å². The van der Waals surface area contributed by atoms with Gasteiger partial charge in [-0.2, -0.15) is 10.1 Å². The second-order valence-corrected chi connectivity index (χ2v) is 7.25. The number of rotatable bonds is 5. The Hall–Kier alpha value is -2.32. The molecule has 0 spiro atoms. The molecule has 0 amide bonds. The van der Waals surface area contributed by atoms with Crippen LogP contribution in [0.2, 0.25) is 0 Å². The number of aryl methyl sites for hydroxylation is 3. The summed E-state index contributed by atoms with van der Waals surface area (Å²) < 4.78 is 6.90. The van der Waals surface area contributed by atoms with Crippen LogP contribution in [-0.2, 0) is 20.1 Å². The molecule has 1 fully saturated rings. The van der Waals surface area contributed by atoms with Gasteiger partial charge >= 0.3 is 0 Å². The number of nitrogens with zero attached hydrogens (tertiary/aromatic N) is 7. The van der Waals surface area contributed by atoms with E-state index in [-0.39, 0.29) is 0 Å². The molecule has 0 radical (unpaired) electrons. The molecule has 3 aromatic rings. The van der Waals surface area contributed by atoms with Crippen LogP contribution in [0, 0.1) is 13.8 Å². The molecule has 0 aromatic carbocycles. The van der Waals surface area contributed by atoms with E-state index in [9.17, 15) is 0 Å². The van der Waals surface area contributed by atoms with Crippen LogP contribution in [0.25, 0.3) is 11.0 Å². The minimum absolute atomic E-state index is 0.505. The first kappa shape index (κ1) is 17.1. The molecule has 0 N–H and O–H groups in total. The molecule has 8 heteroatoms. The van der Waals surface area contributed by atoms with Crippen LogP contribution in [-0.4, -0.2) is 60.9 Å². The average Bonchev–Trinajstić information content (AvgIpc) is 3.29. The van der Waals surface area contributed by atoms with Gasteiger partial charge in [-0.3, -0.25) is 14.5 Å². The van der Waals surface area contributed by atoms with Crippen LogP contribution in [0.15, 0.2) is 16.8 Å². The molecule has 3 aromatic heterocycles. The van der Waals surface area contributed by atoms with E-state index in [1.165, 1.54) is 5.56 Å². The Morgan fingerprint density at radius 1 is 1.35 bits per heavy atom. The second-order valence-electron chi connectivity index (χ2n) is 7.25. The van der Waals surface area contributed by atoms with Crippen LogP contribution >= 0.6 is 0 Å². The van der Waals surface area contributed by atoms with E-state index in [0.29, 0.717) is 11.9 Å². The summed E-state index contributed by atoms with van der Waals surface area (Å²) in [6, 6.07) is 2.73. The van der Waals surface area contributed by atoms with Crippen molar-refractivity contribution in [3.05, 3.63) is 35.2 Å². The number of hydrogen-bond donors (Lipinski definition) is 0. The predicted octanol–water partition coefficient (Wildman–Crippen LogP) is 1.67. The number of fused-ring (bicyclic) bond motifs is 1. The molecule has 1 atom stereocenters. The van der Waals surface area contributed by atoms with E-state index >= 15 is 0 Å². The standard InChI is InChI=1S/C18H25N7O/c1-12-16-7-14(8-19-18(16)24(4)21-12)9-25-6-5-15(10-25)23(3)11-17-20-13(2)26-22-17/h7-8,15H,5-6,9-11H2,1-4H3. The van der Waals surface area contributed by atoms with Crippen molar-refractivity contribution in [3.8, 4) is 0 Å². The van der Waals surface area contributed by atoms with E-state index < -0.39 is 0 Å². The Labute approximate surface area is 152 Å². The lowest BCUT2D eigenvalue weighted by Gasteiger charge is -2.23. The van der Waals surface area contributed by atoms with Gasteiger partial charge in [-0.1, -0.05) is 5.16 Å². The molecular formula is C18H25N7O. The van der Waals surface area contributed by atoms with Gasteiger partial charge in [0.25, 0.3) is 0 Å². The van der Waals surface area contributed by atoms with Crippen molar-refractivity contribution in [2.45, 2.75) is 39.4 Å². The third kappa shape index (κ3) is 3.34. The average molecular weight is 355 g/mol. The number of pyridine rings is 1. The third-order valence-corrected chi connectivity index (χ3v) is 5.16. The van der Waals surface area contributed by atoms with Gasteiger partial charge in [-0.25, -0.2) is 4.98 Å². The molecule has 8 nitrogen and oxygen atoms in total. The monoisotopic (exact) mass is 355 g/mol. The summed E-state index contributed by atoms with van der Waals surface area (Å²) in [7, 11) is 4.07. The van der Waals surface area contributed by atoms with Crippen LogP contribution in [0.5, 0.6) is 0 Å². The van der Waals surface area contributed by atoms with Crippen molar-refractivity contribution in [2.24, 2.45) is 7.05 Å². The van der Waals surface area contributed by atoms with Crippen molar-refractivity contribution in [2.75, 3.05) is 20.1 Å². The normalized spacial score (nSPS) is 18.4. The van der Waals surface area contributed by atoms with Gasteiger partial charge in [-0.15, -0.1) is 0 Å². The van der Waals surface area contributed by atoms with Gasteiger partial charge < -0.3 is 4.52 Å². The summed E-state index contributed by atoms with van der Waals surface area (Å²) in [5.41, 5.74) is 3.22. The van der Waals surface area contributed by atoms with Gasteiger partial charge in [0.05, 0.1) is 12.2 Å². The minimum Gasteiger partial charge on any atom is -0.340 e. The molecule has 26 heavy (non-hydrogen) atoms. The van der Waals surface area contributed by atoms with Gasteiger partial charge in [0.1, 0.15) is 0 Å². The topological polar surface area (TPSA) is 76.1 Å². The van der Waals surface area contributed by atoms with E-state index in [2.05, 4.69) is 43.1 Å². The highest BCUT2D eigenvalue weighted by molar-refractivity contribution is 5.78. The smallest absolute Gasteiger partial charge is 0.223 e. The fourth-order valence-electron chi connectivity index (χ4n) is 3.77. The molecule has 1 aliphatic rings. The molecule has 0 aliphatic carbocycles. The maximum absolute atomic E-state index is 5.06. The Balaban J connectivity index is 1.38. The highest BCUT2D eigenvalue weighted by Gasteiger charge is 2.26. The van der Waals surface area contributed by atoms with E-state index in [1.807, 2.05) is 31.8 Å². The van der Waals surface area contributed by atoms with Gasteiger partial charge in [-0.05, 0) is 32.0 Å². The Bertz CT molecular complexity index is 916. The predicted molar refractivity (Wildman–Crippen MR) is 97.4 cm³/mol. The summed E-state index contributed by atoms with van der Waals surface area (Å²) in [4.78, 5) is 13.7. The van der Waals surface area contributed by atoms with Crippen molar-refractivity contribution in [1.29, 1.82) is 0 Å². The lowest BCUT2D eigenvalue weighted by molar-refractivity contribution is 0.216. The highest BCUT2D eigenvalue weighted by atomic mass is 16.5. The maximum atomic E-state index is 5.06. The van der Waals surface area contributed by atoms with Gasteiger partial charge in [0.15, 0.2) is 11.5 Å². The molecule has 0 bridgehead atoms. The first-order valence-electron chi connectivity index (χ1n) is 8.99. The Morgan fingerprint density at radius 2 is 2.19 bits per heavy atom. The van der Waals surface area contributed by atoms with Crippen LogP contribution in [0.3, 0.4) is 0 Å². The first-order chi connectivity index (χ1) is 12.5. The van der Waals surface area contributed by atoms with E-state index in [0.717, 1.165) is 55.2 Å². The molecule has 4 heterocycles. The molecule has 1 saturated heterocycles. The van der Waals surface area contributed by atoms with Crippen molar-refractivity contribution in [1.82, 2.24) is 34.7 Å². The van der Waals surface area contributed by atoms with Crippen molar-refractivity contribution in [3.63, 3.8) is 0 Å². The Kier molecular flexibility index (Phi) is 4.46. The Morgan fingerprint density at radius 3 is 2.96 bits per heavy atom. The lowest BCUT2D eigenvalue weighted by atomic mass is 10.2. The number of likely N-dealkylation sites (tertiary alicyclic amines) is 1. The van der Waals surface area contributed by atoms with Crippen LogP contribution < -0.4 is 0 Å². The number of likely N-dealkylation sites (N-methyl/N-ethyl adjacent to an activating group) is 1. The number of aromatic nitrogens is 5. The lowest BCUT2D eigenvalue weighted by Crippen LogP contribution is -2.34. The van der Waals surface area contributed by atoms with E-state index in [4.69, 9.17) is 4.52 Å². The zero-order valence-corrected chi connectivity index (χ0v) is 15.8. The molecule has 4 rings (SSSR count). The summed E-state index contributed by atoms with van der Waals surface area (Å²) in [5.74, 6) is 1.38. The third-order valence-electron chi connectivity index (χ3n) is 5.16. The molecule has 138 valence electrons. The summed E-state index contributed by atoms with van der Waals surface area (Å²) in [6.45, 7) is 7.62. The molecular weight excluding hydrogens is 330 g/mol. The quantitative estimate of drug-likeness (QED) is 0.689. The molecule has 1 unspecified atom stereocenters. The summed E-state index contributed by atoms with van der Waals surface area (Å²) in [6.07, 6.45) is 3.12. The van der Waals surface area contributed by atoms with E-state index in [1.54, 1.807) is 0 Å². The SMILES string of the molecule is Cc1nc(CN(C)C2CCN(Cc3cnc4c(c3)c(C)nn4C)C2)no1. The summed E-state index contributed by atoms with van der Waals surface area (Å²) in [5, 5.41) is 9.59. The number of hydrogen-bond acceptors (Lipinski definition) is 7. The fourth-order valence-corrected chi connectivity index (χ4v) is 3.77. The maximum Gasteiger partial charge on any atom is 0.223 e. The first-order valence-corrected chi connectivity index (χ1v) is 8.99. The van der Waals surface area contributed by atoms with Crippen LogP contribution in [0.4, 0.5) is 0 Å².